The minimum Gasteiger partial charge on any atom is -0.366 e. The van der Waals surface area contributed by atoms with Gasteiger partial charge >= 0.3 is 0 Å². The number of nitrogens with zero attached hydrogens (tertiary/aromatic N) is 6. The van der Waals surface area contributed by atoms with E-state index in [4.69, 9.17) is 0 Å². The van der Waals surface area contributed by atoms with Gasteiger partial charge in [-0.05, 0) is 12.1 Å². The van der Waals surface area contributed by atoms with Crippen LogP contribution in [0.3, 0.4) is 0 Å². The van der Waals surface area contributed by atoms with Crippen LogP contribution in [0.4, 0.5) is 10.1 Å². The van der Waals surface area contributed by atoms with Gasteiger partial charge in [-0.1, -0.05) is 12.1 Å². The third kappa shape index (κ3) is 4.59. The summed E-state index contributed by atoms with van der Waals surface area (Å²) in [5, 5.41) is 11.2. The molecule has 0 radical (unpaired) electrons. The van der Waals surface area contributed by atoms with Crippen molar-refractivity contribution in [2.75, 3.05) is 38.1 Å². The van der Waals surface area contributed by atoms with E-state index in [2.05, 4.69) is 30.3 Å². The minimum absolute atomic E-state index is 0. The van der Waals surface area contributed by atoms with Crippen LogP contribution in [-0.2, 0) is 13.6 Å². The van der Waals surface area contributed by atoms with Crippen molar-refractivity contribution < 1.29 is 4.39 Å². The number of aliphatic imine (C=N–C) groups is 1. The van der Waals surface area contributed by atoms with E-state index in [-0.39, 0.29) is 29.8 Å². The number of benzene rings is 1. The number of hydrogen-bond donors (Lipinski definition) is 1. The number of halogens is 2. The van der Waals surface area contributed by atoms with E-state index in [0.29, 0.717) is 12.2 Å². The van der Waals surface area contributed by atoms with Crippen LogP contribution < -0.4 is 10.2 Å². The topological polar surface area (TPSA) is 61.6 Å². The van der Waals surface area contributed by atoms with Gasteiger partial charge in [0, 0.05) is 40.3 Å². The molecule has 25 heavy (non-hydrogen) atoms. The summed E-state index contributed by atoms with van der Waals surface area (Å²) >= 11 is 0. The molecule has 136 valence electrons. The van der Waals surface area contributed by atoms with Crippen LogP contribution >= 0.6 is 24.0 Å². The number of hydrogen-bond acceptors (Lipinski definition) is 4. The molecule has 0 aliphatic carbocycles. The highest BCUT2D eigenvalue weighted by Gasteiger charge is 2.21. The molecule has 1 saturated heterocycles. The lowest BCUT2D eigenvalue weighted by Gasteiger charge is -2.37. The zero-order valence-corrected chi connectivity index (χ0v) is 16.7. The molecular weight excluding hydrogens is 436 g/mol. The van der Waals surface area contributed by atoms with Crippen molar-refractivity contribution in [2.24, 2.45) is 12.0 Å². The van der Waals surface area contributed by atoms with E-state index in [1.54, 1.807) is 19.4 Å². The third-order valence-electron chi connectivity index (χ3n) is 4.19. The summed E-state index contributed by atoms with van der Waals surface area (Å²) in [5.74, 6) is 1.50. The summed E-state index contributed by atoms with van der Waals surface area (Å²) in [5.41, 5.74) is 0.666. The molecule has 9 heteroatoms. The Morgan fingerprint density at radius 3 is 2.56 bits per heavy atom. The largest absolute Gasteiger partial charge is 0.366 e. The Hall–Kier alpha value is -1.91. The first-order valence-electron chi connectivity index (χ1n) is 7.97. The Balaban J connectivity index is 0.00000225. The number of piperazine rings is 1. The summed E-state index contributed by atoms with van der Waals surface area (Å²) < 4.78 is 15.8. The number of rotatable bonds is 3. The van der Waals surface area contributed by atoms with Crippen LogP contribution in [0, 0.1) is 5.82 Å². The second-order valence-corrected chi connectivity index (χ2v) is 5.68. The second kappa shape index (κ2) is 8.97. The Kier molecular flexibility index (Phi) is 6.97. The molecule has 1 aliphatic rings. The molecule has 1 aliphatic heterocycles. The first-order chi connectivity index (χ1) is 11.7. The molecule has 2 aromatic rings. The molecule has 1 N–H and O–H groups in total. The van der Waals surface area contributed by atoms with Crippen molar-refractivity contribution in [3.63, 3.8) is 0 Å². The lowest BCUT2D eigenvalue weighted by atomic mass is 10.2. The van der Waals surface area contributed by atoms with Gasteiger partial charge in [-0.3, -0.25) is 4.99 Å². The second-order valence-electron chi connectivity index (χ2n) is 5.68. The first-order valence-corrected chi connectivity index (χ1v) is 7.97. The fourth-order valence-electron chi connectivity index (χ4n) is 2.82. The molecule has 0 bridgehead atoms. The van der Waals surface area contributed by atoms with Crippen molar-refractivity contribution in [3.05, 3.63) is 42.2 Å². The quantitative estimate of drug-likeness (QED) is 0.428. The maximum atomic E-state index is 13.9. The standard InChI is InChI=1S/C16H22FN7.HI/c1-18-16(19-11-15-21-20-12-22(15)2)24-9-7-23(8-10-24)14-6-4-3-5-13(14)17;/h3-6,12H,7-11H2,1-2H3,(H,18,19);1H. The van der Waals surface area contributed by atoms with Crippen LogP contribution in [-0.4, -0.2) is 58.9 Å². The molecule has 1 fully saturated rings. The summed E-state index contributed by atoms with van der Waals surface area (Å²) in [6.45, 7) is 3.65. The molecular formula is C16H23FIN7. The highest BCUT2D eigenvalue weighted by Crippen LogP contribution is 2.20. The van der Waals surface area contributed by atoms with E-state index in [1.807, 2.05) is 23.7 Å². The maximum Gasteiger partial charge on any atom is 0.194 e. The van der Waals surface area contributed by atoms with Crippen LogP contribution in [0.1, 0.15) is 5.82 Å². The Morgan fingerprint density at radius 2 is 1.96 bits per heavy atom. The van der Waals surface area contributed by atoms with Crippen molar-refractivity contribution >= 4 is 35.6 Å². The predicted molar refractivity (Wildman–Crippen MR) is 107 cm³/mol. The molecule has 0 atom stereocenters. The first kappa shape index (κ1) is 19.4. The van der Waals surface area contributed by atoms with Crippen molar-refractivity contribution in [1.29, 1.82) is 0 Å². The monoisotopic (exact) mass is 459 g/mol. The van der Waals surface area contributed by atoms with Crippen molar-refractivity contribution in [2.45, 2.75) is 6.54 Å². The number of nitrogens with one attached hydrogen (secondary N) is 1. The molecule has 0 amide bonds. The molecule has 3 rings (SSSR count). The number of anilines is 1. The fraction of sp³-hybridized carbons (Fsp3) is 0.438. The minimum atomic E-state index is -0.171. The van der Waals surface area contributed by atoms with Gasteiger partial charge in [-0.15, -0.1) is 34.2 Å². The van der Waals surface area contributed by atoms with Crippen molar-refractivity contribution in [3.8, 4) is 0 Å². The number of aryl methyl sites for hydroxylation is 1. The highest BCUT2D eigenvalue weighted by atomic mass is 127. The maximum absolute atomic E-state index is 13.9. The van der Waals surface area contributed by atoms with Crippen molar-refractivity contribution in [1.82, 2.24) is 25.0 Å². The molecule has 0 saturated carbocycles. The number of guanidine groups is 1. The lowest BCUT2D eigenvalue weighted by Crippen LogP contribution is -2.52. The molecule has 0 spiro atoms. The Morgan fingerprint density at radius 1 is 1.24 bits per heavy atom. The normalized spacial score (nSPS) is 15.1. The summed E-state index contributed by atoms with van der Waals surface area (Å²) in [6.07, 6.45) is 1.67. The molecule has 7 nitrogen and oxygen atoms in total. The van der Waals surface area contributed by atoms with E-state index >= 15 is 0 Å². The van der Waals surface area contributed by atoms with E-state index < -0.39 is 0 Å². The fourth-order valence-corrected chi connectivity index (χ4v) is 2.82. The van der Waals surface area contributed by atoms with Gasteiger partial charge in [0.15, 0.2) is 11.8 Å². The predicted octanol–water partition coefficient (Wildman–Crippen LogP) is 1.47. The Labute approximate surface area is 164 Å². The number of aromatic nitrogens is 3. The smallest absolute Gasteiger partial charge is 0.194 e. The zero-order chi connectivity index (χ0) is 16.9. The van der Waals surface area contributed by atoms with Crippen LogP contribution in [0.2, 0.25) is 0 Å². The van der Waals surface area contributed by atoms with E-state index in [9.17, 15) is 4.39 Å². The average Bonchev–Trinajstić information content (AvgIpc) is 3.02. The van der Waals surface area contributed by atoms with Gasteiger partial charge < -0.3 is 19.7 Å². The summed E-state index contributed by atoms with van der Waals surface area (Å²) in [7, 11) is 3.68. The molecule has 0 unspecified atom stereocenters. The SMILES string of the molecule is CN=C(NCc1nncn1C)N1CCN(c2ccccc2F)CC1.I. The van der Waals surface area contributed by atoms with Gasteiger partial charge in [0.05, 0.1) is 12.2 Å². The van der Waals surface area contributed by atoms with Gasteiger partial charge in [0.2, 0.25) is 0 Å². The third-order valence-corrected chi connectivity index (χ3v) is 4.19. The summed E-state index contributed by atoms with van der Waals surface area (Å²) in [4.78, 5) is 8.58. The highest BCUT2D eigenvalue weighted by molar-refractivity contribution is 14.0. The van der Waals surface area contributed by atoms with Crippen LogP contribution in [0.5, 0.6) is 0 Å². The van der Waals surface area contributed by atoms with Gasteiger partial charge in [-0.25, -0.2) is 4.39 Å². The molecule has 2 heterocycles. The van der Waals surface area contributed by atoms with Gasteiger partial charge in [0.25, 0.3) is 0 Å². The van der Waals surface area contributed by atoms with Gasteiger partial charge in [-0.2, -0.15) is 0 Å². The van der Waals surface area contributed by atoms with E-state index in [1.165, 1.54) is 6.07 Å². The van der Waals surface area contributed by atoms with Crippen LogP contribution in [0.15, 0.2) is 35.6 Å². The van der Waals surface area contributed by atoms with Crippen LogP contribution in [0.25, 0.3) is 0 Å². The summed E-state index contributed by atoms with van der Waals surface area (Å²) in [6, 6.07) is 6.91. The molecule has 1 aromatic carbocycles. The average molecular weight is 459 g/mol. The van der Waals surface area contributed by atoms with Gasteiger partial charge in [0.1, 0.15) is 12.1 Å². The lowest BCUT2D eigenvalue weighted by molar-refractivity contribution is 0.370. The Bertz CT molecular complexity index is 710. The molecule has 1 aromatic heterocycles. The number of para-hydroxylation sites is 1. The zero-order valence-electron chi connectivity index (χ0n) is 14.4. The van der Waals surface area contributed by atoms with E-state index in [0.717, 1.165) is 38.0 Å².